The Kier molecular flexibility index (Phi) is 3.62. The van der Waals surface area contributed by atoms with Crippen molar-refractivity contribution in [2.24, 2.45) is 0 Å². The third-order valence-corrected chi connectivity index (χ3v) is 4.29. The first-order valence-electron chi connectivity index (χ1n) is 6.59. The van der Waals surface area contributed by atoms with E-state index in [4.69, 9.17) is 0 Å². The van der Waals surface area contributed by atoms with Crippen LogP contribution in [0.15, 0.2) is 28.3 Å². The predicted molar refractivity (Wildman–Crippen MR) is 77.3 cm³/mol. The van der Waals surface area contributed by atoms with Gasteiger partial charge in [0.1, 0.15) is 5.65 Å². The van der Waals surface area contributed by atoms with Gasteiger partial charge in [-0.15, -0.1) is 0 Å². The van der Waals surface area contributed by atoms with Crippen LogP contribution < -0.4 is 10.9 Å². The zero-order valence-electron chi connectivity index (χ0n) is 11.2. The van der Waals surface area contributed by atoms with Gasteiger partial charge in [0.15, 0.2) is 0 Å². The molecule has 3 heterocycles. The minimum absolute atomic E-state index is 0.0593. The van der Waals surface area contributed by atoms with E-state index < -0.39 is 10.8 Å². The summed E-state index contributed by atoms with van der Waals surface area (Å²) in [7, 11) is -1.25. The van der Waals surface area contributed by atoms with Crippen LogP contribution in [0.1, 0.15) is 18.9 Å². The Morgan fingerprint density at radius 1 is 1.35 bits per heavy atom. The molecule has 0 aliphatic carbocycles. The average Bonchev–Trinajstić information content (AvgIpc) is 2.47. The Labute approximate surface area is 118 Å². The summed E-state index contributed by atoms with van der Waals surface area (Å²) in [4.78, 5) is 20.6. The first-order chi connectivity index (χ1) is 9.66. The summed E-state index contributed by atoms with van der Waals surface area (Å²) in [5.41, 5.74) is 0.528. The SMILES string of the molecule is CS(=O)c1ncc2ccc(=O)n(C3CCNCC3)c2n1. The highest BCUT2D eigenvalue weighted by Gasteiger charge is 2.19. The number of piperidine rings is 1. The summed E-state index contributed by atoms with van der Waals surface area (Å²) in [5.74, 6) is 0. The molecular weight excluding hydrogens is 276 g/mol. The topological polar surface area (TPSA) is 76.9 Å². The standard InChI is InChI=1S/C13H16N4O2S/c1-20(19)13-15-8-9-2-3-11(18)17(12(9)16-13)10-4-6-14-7-5-10/h2-3,8,10,14H,4-7H2,1H3. The molecule has 1 aliphatic rings. The van der Waals surface area contributed by atoms with Gasteiger partial charge >= 0.3 is 0 Å². The molecule has 0 bridgehead atoms. The van der Waals surface area contributed by atoms with Crippen molar-refractivity contribution in [3.05, 3.63) is 28.7 Å². The fourth-order valence-corrected chi connectivity index (χ4v) is 3.00. The summed E-state index contributed by atoms with van der Waals surface area (Å²) >= 11 is 0. The molecule has 0 saturated carbocycles. The van der Waals surface area contributed by atoms with Crippen molar-refractivity contribution >= 4 is 21.8 Å². The van der Waals surface area contributed by atoms with Crippen LogP contribution >= 0.6 is 0 Å². The lowest BCUT2D eigenvalue weighted by Gasteiger charge is -2.25. The fourth-order valence-electron chi connectivity index (χ4n) is 2.58. The van der Waals surface area contributed by atoms with Crippen molar-refractivity contribution in [1.82, 2.24) is 19.9 Å². The minimum Gasteiger partial charge on any atom is -0.317 e. The maximum atomic E-state index is 12.2. The number of nitrogens with zero attached hydrogens (tertiary/aromatic N) is 3. The molecule has 1 aliphatic heterocycles. The largest absolute Gasteiger partial charge is 0.317 e. The highest BCUT2D eigenvalue weighted by atomic mass is 32.2. The van der Waals surface area contributed by atoms with E-state index in [0.717, 1.165) is 31.3 Å². The molecule has 20 heavy (non-hydrogen) atoms. The van der Waals surface area contributed by atoms with E-state index in [9.17, 15) is 9.00 Å². The molecule has 7 heteroatoms. The summed E-state index contributed by atoms with van der Waals surface area (Å²) in [5, 5.41) is 4.36. The van der Waals surface area contributed by atoms with Crippen molar-refractivity contribution < 1.29 is 4.21 Å². The molecule has 0 spiro atoms. The van der Waals surface area contributed by atoms with Crippen LogP contribution in [0.3, 0.4) is 0 Å². The van der Waals surface area contributed by atoms with E-state index >= 15 is 0 Å². The van der Waals surface area contributed by atoms with E-state index in [1.165, 1.54) is 6.26 Å². The zero-order valence-corrected chi connectivity index (χ0v) is 12.0. The van der Waals surface area contributed by atoms with Gasteiger partial charge in [0.25, 0.3) is 5.56 Å². The van der Waals surface area contributed by atoms with Gasteiger partial charge in [0, 0.05) is 29.9 Å². The number of aromatic nitrogens is 3. The Balaban J connectivity index is 2.21. The number of pyridine rings is 1. The van der Waals surface area contributed by atoms with Crippen LogP contribution in [0.4, 0.5) is 0 Å². The highest BCUT2D eigenvalue weighted by Crippen LogP contribution is 2.21. The van der Waals surface area contributed by atoms with E-state index in [1.807, 2.05) is 0 Å². The van der Waals surface area contributed by atoms with Gasteiger partial charge in [-0.3, -0.25) is 13.6 Å². The van der Waals surface area contributed by atoms with Gasteiger partial charge in [-0.05, 0) is 32.0 Å². The summed E-state index contributed by atoms with van der Waals surface area (Å²) in [6, 6.07) is 3.41. The van der Waals surface area contributed by atoms with Crippen LogP contribution in [0.25, 0.3) is 11.0 Å². The Morgan fingerprint density at radius 3 is 2.80 bits per heavy atom. The Bertz CT molecular complexity index is 722. The maximum Gasteiger partial charge on any atom is 0.252 e. The number of nitrogens with one attached hydrogen (secondary N) is 1. The number of fused-ring (bicyclic) bond motifs is 1. The monoisotopic (exact) mass is 292 g/mol. The molecule has 1 N–H and O–H groups in total. The number of hydrogen-bond donors (Lipinski definition) is 1. The minimum atomic E-state index is -1.25. The molecule has 0 aromatic carbocycles. The van der Waals surface area contributed by atoms with Gasteiger partial charge in [0.05, 0.1) is 10.8 Å². The maximum absolute atomic E-state index is 12.2. The predicted octanol–water partition coefficient (Wildman–Crippen LogP) is 0.453. The molecule has 3 rings (SSSR count). The summed E-state index contributed by atoms with van der Waals surface area (Å²) < 4.78 is 13.3. The second-order valence-electron chi connectivity index (χ2n) is 4.91. The molecule has 1 saturated heterocycles. The normalized spacial score (nSPS) is 18.2. The zero-order chi connectivity index (χ0) is 14.1. The first-order valence-corrected chi connectivity index (χ1v) is 8.15. The number of hydrogen-bond acceptors (Lipinski definition) is 5. The molecule has 0 radical (unpaired) electrons. The highest BCUT2D eigenvalue weighted by molar-refractivity contribution is 7.84. The van der Waals surface area contributed by atoms with Gasteiger partial charge in [-0.25, -0.2) is 9.97 Å². The quantitative estimate of drug-likeness (QED) is 0.813. The molecule has 1 atom stereocenters. The number of rotatable bonds is 2. The molecule has 6 nitrogen and oxygen atoms in total. The van der Waals surface area contributed by atoms with Crippen molar-refractivity contribution in [3.8, 4) is 0 Å². The van der Waals surface area contributed by atoms with E-state index in [-0.39, 0.29) is 16.8 Å². The second-order valence-corrected chi connectivity index (χ2v) is 6.18. The van der Waals surface area contributed by atoms with E-state index in [0.29, 0.717) is 5.65 Å². The lowest BCUT2D eigenvalue weighted by molar-refractivity contribution is 0.367. The van der Waals surface area contributed by atoms with Gasteiger partial charge < -0.3 is 5.32 Å². The summed E-state index contributed by atoms with van der Waals surface area (Å²) in [6.07, 6.45) is 4.97. The van der Waals surface area contributed by atoms with Crippen LogP contribution in [0.2, 0.25) is 0 Å². The molecular formula is C13H16N4O2S. The molecule has 1 unspecified atom stereocenters. The molecule has 2 aromatic rings. The van der Waals surface area contributed by atoms with Crippen LogP contribution in [0, 0.1) is 0 Å². The smallest absolute Gasteiger partial charge is 0.252 e. The van der Waals surface area contributed by atoms with Gasteiger partial charge in [-0.1, -0.05) is 0 Å². The first kappa shape index (κ1) is 13.4. The van der Waals surface area contributed by atoms with Crippen LogP contribution in [-0.4, -0.2) is 38.1 Å². The lowest BCUT2D eigenvalue weighted by Crippen LogP contribution is -2.34. The van der Waals surface area contributed by atoms with E-state index in [2.05, 4.69) is 15.3 Å². The van der Waals surface area contributed by atoms with E-state index in [1.54, 1.807) is 22.9 Å². The Morgan fingerprint density at radius 2 is 2.10 bits per heavy atom. The molecule has 106 valence electrons. The van der Waals surface area contributed by atoms with Gasteiger partial charge in [0.2, 0.25) is 5.16 Å². The average molecular weight is 292 g/mol. The third-order valence-electron chi connectivity index (χ3n) is 3.58. The Hall–Kier alpha value is -1.60. The molecule has 2 aromatic heterocycles. The second kappa shape index (κ2) is 5.41. The molecule has 1 fully saturated rings. The van der Waals surface area contributed by atoms with Gasteiger partial charge in [-0.2, -0.15) is 0 Å². The summed E-state index contributed by atoms with van der Waals surface area (Å²) in [6.45, 7) is 1.79. The van der Waals surface area contributed by atoms with Crippen molar-refractivity contribution in [2.75, 3.05) is 19.3 Å². The molecule has 0 amide bonds. The van der Waals surface area contributed by atoms with Crippen molar-refractivity contribution in [1.29, 1.82) is 0 Å². The van der Waals surface area contributed by atoms with Crippen molar-refractivity contribution in [3.63, 3.8) is 0 Å². The fraction of sp³-hybridized carbons (Fsp3) is 0.462. The van der Waals surface area contributed by atoms with Crippen LogP contribution in [0.5, 0.6) is 0 Å². The van der Waals surface area contributed by atoms with Crippen LogP contribution in [-0.2, 0) is 10.8 Å². The third kappa shape index (κ3) is 2.38. The van der Waals surface area contributed by atoms with Crippen molar-refractivity contribution in [2.45, 2.75) is 24.0 Å². The lowest BCUT2D eigenvalue weighted by atomic mass is 10.1.